The number of Topliss-reactive ketones (excluding diaryl/α,β-unsaturated/α-hetero) is 1. The molecule has 0 amide bonds. The van der Waals surface area contributed by atoms with Crippen molar-refractivity contribution in [2.45, 2.75) is 13.0 Å². The fourth-order valence-corrected chi connectivity index (χ4v) is 3.44. The van der Waals surface area contributed by atoms with E-state index >= 15 is 0 Å². The number of benzene rings is 2. The van der Waals surface area contributed by atoms with Crippen LogP contribution in [0.5, 0.6) is 5.75 Å². The molecule has 2 aromatic carbocycles. The summed E-state index contributed by atoms with van der Waals surface area (Å²) in [4.78, 5) is 17.7. The summed E-state index contributed by atoms with van der Waals surface area (Å²) in [5.41, 5.74) is 5.41. The van der Waals surface area contributed by atoms with Crippen LogP contribution in [0.15, 0.2) is 65.8 Å². The lowest BCUT2D eigenvalue weighted by molar-refractivity contribution is 0.104. The van der Waals surface area contributed by atoms with Crippen molar-refractivity contribution < 1.29 is 9.53 Å². The highest BCUT2D eigenvalue weighted by molar-refractivity contribution is 7.10. The normalized spacial score (nSPS) is 14.8. The number of ketones is 1. The van der Waals surface area contributed by atoms with E-state index < -0.39 is 0 Å². The van der Waals surface area contributed by atoms with E-state index in [1.807, 2.05) is 54.6 Å². The van der Waals surface area contributed by atoms with Crippen molar-refractivity contribution in [1.29, 1.82) is 0 Å². The molecule has 1 heterocycles. The molecule has 0 bridgehead atoms. The Bertz CT molecular complexity index is 899. The summed E-state index contributed by atoms with van der Waals surface area (Å²) in [6.07, 6.45) is 4.32. The van der Waals surface area contributed by atoms with Gasteiger partial charge in [-0.1, -0.05) is 42.5 Å². The molecule has 0 atom stereocenters. The van der Waals surface area contributed by atoms with Crippen LogP contribution in [0.2, 0.25) is 0 Å². The zero-order valence-corrected chi connectivity index (χ0v) is 13.8. The van der Waals surface area contributed by atoms with Crippen molar-refractivity contribution >= 4 is 23.2 Å². The van der Waals surface area contributed by atoms with Crippen molar-refractivity contribution in [3.05, 3.63) is 87.4 Å². The van der Waals surface area contributed by atoms with Gasteiger partial charge in [-0.2, -0.15) is 0 Å². The molecule has 0 N–H and O–H groups in total. The van der Waals surface area contributed by atoms with Gasteiger partial charge < -0.3 is 4.74 Å². The largest absolute Gasteiger partial charge is 0.489 e. The quantitative estimate of drug-likeness (QED) is 0.658. The first kappa shape index (κ1) is 14.8. The second kappa shape index (κ2) is 6.42. The number of rotatable bonds is 4. The summed E-state index contributed by atoms with van der Waals surface area (Å²) in [7, 11) is 0. The van der Waals surface area contributed by atoms with Crippen LogP contribution in [0, 0.1) is 0 Å². The summed E-state index contributed by atoms with van der Waals surface area (Å²) in [6.45, 7) is 0.499. The lowest BCUT2D eigenvalue weighted by atomic mass is 10.1. The number of carbonyl (C=O) groups excluding carboxylic acids is 1. The molecule has 3 nitrogen and oxygen atoms in total. The van der Waals surface area contributed by atoms with Crippen LogP contribution in [0.3, 0.4) is 0 Å². The topological polar surface area (TPSA) is 39.2 Å². The first-order valence-corrected chi connectivity index (χ1v) is 8.61. The number of fused-ring (bicyclic) bond motifs is 1. The highest BCUT2D eigenvalue weighted by Crippen LogP contribution is 2.35. The average Bonchev–Trinajstić information content (AvgIpc) is 3.24. The Labute approximate surface area is 144 Å². The second-order valence-electron chi connectivity index (χ2n) is 5.64. The van der Waals surface area contributed by atoms with Crippen molar-refractivity contribution in [1.82, 2.24) is 4.98 Å². The van der Waals surface area contributed by atoms with Gasteiger partial charge in [0, 0.05) is 34.2 Å². The fourth-order valence-electron chi connectivity index (χ4n) is 2.86. The summed E-state index contributed by atoms with van der Waals surface area (Å²) in [5.74, 6) is 0.876. The Morgan fingerprint density at radius 1 is 1.12 bits per heavy atom. The van der Waals surface area contributed by atoms with E-state index in [1.165, 1.54) is 11.3 Å². The van der Waals surface area contributed by atoms with Gasteiger partial charge in [-0.25, -0.2) is 0 Å². The zero-order chi connectivity index (χ0) is 16.4. The number of ether oxygens (including phenoxy) is 1. The van der Waals surface area contributed by atoms with Gasteiger partial charge in [-0.3, -0.25) is 9.78 Å². The first-order valence-electron chi connectivity index (χ1n) is 7.73. The standard InChI is InChI=1S/C20H15NO2S/c22-20-15(9-16-11-21-13-24-16)10-18-17(20)7-4-8-19(18)23-12-14-5-2-1-3-6-14/h1-9,11,13H,10,12H2/b15-9-. The molecule has 0 spiro atoms. The van der Waals surface area contributed by atoms with Crippen LogP contribution in [0.25, 0.3) is 6.08 Å². The van der Waals surface area contributed by atoms with Crippen LogP contribution in [0.4, 0.5) is 0 Å². The third kappa shape index (κ3) is 2.88. The van der Waals surface area contributed by atoms with Gasteiger partial charge in [0.1, 0.15) is 12.4 Å². The van der Waals surface area contributed by atoms with Gasteiger partial charge in [0.2, 0.25) is 0 Å². The SMILES string of the molecule is O=C1/C(=C\c2cncs2)Cc2c(OCc3ccccc3)cccc21. The molecular weight excluding hydrogens is 318 g/mol. The molecule has 4 heteroatoms. The molecule has 3 aromatic rings. The summed E-state index contributed by atoms with van der Waals surface area (Å²) < 4.78 is 5.98. The minimum atomic E-state index is 0.0866. The van der Waals surface area contributed by atoms with E-state index in [1.54, 1.807) is 11.7 Å². The zero-order valence-electron chi connectivity index (χ0n) is 12.9. The van der Waals surface area contributed by atoms with Crippen LogP contribution in [0.1, 0.15) is 26.4 Å². The van der Waals surface area contributed by atoms with Crippen molar-refractivity contribution in [2.24, 2.45) is 0 Å². The number of carbonyl (C=O) groups is 1. The van der Waals surface area contributed by atoms with E-state index in [9.17, 15) is 4.79 Å². The molecule has 118 valence electrons. The van der Waals surface area contributed by atoms with Crippen molar-refractivity contribution in [3.8, 4) is 5.75 Å². The molecule has 0 saturated carbocycles. The molecular formula is C20H15NO2S. The van der Waals surface area contributed by atoms with Gasteiger partial charge >= 0.3 is 0 Å². The van der Waals surface area contributed by atoms with E-state index in [-0.39, 0.29) is 5.78 Å². The monoisotopic (exact) mass is 333 g/mol. The number of thiazole rings is 1. The van der Waals surface area contributed by atoms with Gasteiger partial charge in [0.25, 0.3) is 0 Å². The van der Waals surface area contributed by atoms with Crippen LogP contribution >= 0.6 is 11.3 Å². The minimum Gasteiger partial charge on any atom is -0.489 e. The highest BCUT2D eigenvalue weighted by atomic mass is 32.1. The van der Waals surface area contributed by atoms with Gasteiger partial charge in [-0.15, -0.1) is 11.3 Å². The van der Waals surface area contributed by atoms with E-state index in [0.29, 0.717) is 13.0 Å². The van der Waals surface area contributed by atoms with Gasteiger partial charge in [0.15, 0.2) is 5.78 Å². The molecule has 4 rings (SSSR count). The van der Waals surface area contributed by atoms with E-state index in [2.05, 4.69) is 4.98 Å². The number of nitrogens with zero attached hydrogens (tertiary/aromatic N) is 1. The van der Waals surface area contributed by atoms with Gasteiger partial charge in [-0.05, 0) is 17.7 Å². The van der Waals surface area contributed by atoms with Crippen LogP contribution in [-0.4, -0.2) is 10.8 Å². The number of allylic oxidation sites excluding steroid dienone is 1. The summed E-state index contributed by atoms with van der Waals surface area (Å²) in [5, 5.41) is 0. The molecule has 0 unspecified atom stereocenters. The highest BCUT2D eigenvalue weighted by Gasteiger charge is 2.27. The lowest BCUT2D eigenvalue weighted by Gasteiger charge is -2.10. The van der Waals surface area contributed by atoms with Crippen molar-refractivity contribution in [2.75, 3.05) is 0 Å². The maximum Gasteiger partial charge on any atom is 0.189 e. The minimum absolute atomic E-state index is 0.0866. The Morgan fingerprint density at radius 2 is 2.00 bits per heavy atom. The number of aromatic nitrogens is 1. The van der Waals surface area contributed by atoms with E-state index in [0.717, 1.165) is 32.9 Å². The Balaban J connectivity index is 1.59. The van der Waals surface area contributed by atoms with E-state index in [4.69, 9.17) is 4.74 Å². The van der Waals surface area contributed by atoms with Gasteiger partial charge in [0.05, 0.1) is 5.51 Å². The molecule has 1 aliphatic rings. The predicted molar refractivity (Wildman–Crippen MR) is 95.3 cm³/mol. The number of hydrogen-bond acceptors (Lipinski definition) is 4. The smallest absolute Gasteiger partial charge is 0.189 e. The molecule has 0 aliphatic heterocycles. The number of hydrogen-bond donors (Lipinski definition) is 0. The second-order valence-corrected chi connectivity index (χ2v) is 6.55. The maximum atomic E-state index is 12.6. The third-order valence-corrected chi connectivity index (χ3v) is 4.76. The predicted octanol–water partition coefficient (Wildman–Crippen LogP) is 4.54. The third-order valence-electron chi connectivity index (χ3n) is 4.04. The summed E-state index contributed by atoms with van der Waals surface area (Å²) >= 11 is 1.53. The fraction of sp³-hybridized carbons (Fsp3) is 0.100. The Kier molecular flexibility index (Phi) is 3.97. The molecule has 0 fully saturated rings. The van der Waals surface area contributed by atoms with Crippen molar-refractivity contribution in [3.63, 3.8) is 0 Å². The summed E-state index contributed by atoms with van der Waals surface area (Å²) in [6, 6.07) is 15.7. The Morgan fingerprint density at radius 3 is 2.79 bits per heavy atom. The Hall–Kier alpha value is -2.72. The molecule has 0 radical (unpaired) electrons. The molecule has 0 saturated heterocycles. The molecule has 24 heavy (non-hydrogen) atoms. The lowest BCUT2D eigenvalue weighted by Crippen LogP contribution is -1.98. The van der Waals surface area contributed by atoms with Crippen LogP contribution in [-0.2, 0) is 13.0 Å². The maximum absolute atomic E-state index is 12.6. The molecule has 1 aliphatic carbocycles. The molecule has 1 aromatic heterocycles. The first-order chi connectivity index (χ1) is 11.8. The average molecular weight is 333 g/mol. The van der Waals surface area contributed by atoms with Crippen LogP contribution < -0.4 is 4.74 Å².